The maximum Gasteiger partial charge on any atom is 0.232 e. The number of anilines is 1. The van der Waals surface area contributed by atoms with Gasteiger partial charge in [-0.2, -0.15) is 0 Å². The summed E-state index contributed by atoms with van der Waals surface area (Å²) in [6, 6.07) is 3.66. The number of nitrogens with one attached hydrogen (secondary N) is 1. The monoisotopic (exact) mass is 386 g/mol. The van der Waals surface area contributed by atoms with Gasteiger partial charge >= 0.3 is 0 Å². The molecule has 2 rings (SSSR count). The van der Waals surface area contributed by atoms with Gasteiger partial charge in [0.25, 0.3) is 0 Å². The Hall–Kier alpha value is -1.27. The molecule has 0 saturated heterocycles. The number of rotatable bonds is 6. The fourth-order valence-electron chi connectivity index (χ4n) is 3.46. The lowest BCUT2D eigenvalue weighted by Crippen LogP contribution is -2.40. The molecule has 0 aromatic heterocycles. The Morgan fingerprint density at radius 3 is 2.44 bits per heavy atom. The predicted octanol–water partition coefficient (Wildman–Crippen LogP) is 3.42. The highest BCUT2D eigenvalue weighted by molar-refractivity contribution is 7.92. The van der Waals surface area contributed by atoms with Crippen molar-refractivity contribution >= 4 is 33.2 Å². The number of benzene rings is 1. The van der Waals surface area contributed by atoms with Gasteiger partial charge in [-0.3, -0.25) is 9.10 Å². The Morgan fingerprint density at radius 2 is 1.88 bits per heavy atom. The van der Waals surface area contributed by atoms with E-state index in [-0.39, 0.29) is 24.9 Å². The first-order chi connectivity index (χ1) is 11.7. The molecule has 1 saturated carbocycles. The van der Waals surface area contributed by atoms with Gasteiger partial charge < -0.3 is 5.32 Å². The number of carbonyl (C=O) groups is 1. The zero-order valence-corrected chi connectivity index (χ0v) is 16.7. The normalized spacial score (nSPS) is 15.8. The summed E-state index contributed by atoms with van der Waals surface area (Å²) < 4.78 is 25.8. The van der Waals surface area contributed by atoms with Crippen molar-refractivity contribution in [2.24, 2.45) is 5.92 Å². The number of hydrogen-bond acceptors (Lipinski definition) is 3. The Labute approximate surface area is 155 Å². The molecule has 140 valence electrons. The van der Waals surface area contributed by atoms with Gasteiger partial charge in [-0.1, -0.05) is 36.9 Å². The van der Waals surface area contributed by atoms with E-state index in [9.17, 15) is 13.2 Å². The molecule has 5 nitrogen and oxygen atoms in total. The lowest BCUT2D eigenvalue weighted by Gasteiger charge is -2.26. The number of aryl methyl sites for hydroxylation is 2. The molecule has 7 heteroatoms. The minimum absolute atomic E-state index is 0.0277. The highest BCUT2D eigenvalue weighted by atomic mass is 35.5. The SMILES string of the molecule is Cc1cc(C)c(N(CCNC(=O)C2CCCCC2)S(C)(=O)=O)c(Cl)c1. The van der Waals surface area contributed by atoms with Crippen molar-refractivity contribution in [1.82, 2.24) is 5.32 Å². The highest BCUT2D eigenvalue weighted by Crippen LogP contribution is 2.32. The topological polar surface area (TPSA) is 66.5 Å². The number of hydrogen-bond donors (Lipinski definition) is 1. The second-order valence-corrected chi connectivity index (χ2v) is 9.19. The predicted molar refractivity (Wildman–Crippen MR) is 103 cm³/mol. The van der Waals surface area contributed by atoms with Crippen molar-refractivity contribution in [3.05, 3.63) is 28.3 Å². The molecule has 1 fully saturated rings. The minimum Gasteiger partial charge on any atom is -0.354 e. The van der Waals surface area contributed by atoms with Gasteiger partial charge in [-0.15, -0.1) is 0 Å². The summed E-state index contributed by atoms with van der Waals surface area (Å²) in [5, 5.41) is 3.29. The van der Waals surface area contributed by atoms with E-state index in [1.54, 1.807) is 6.07 Å². The molecule has 1 aliphatic rings. The average Bonchev–Trinajstić information content (AvgIpc) is 2.52. The molecule has 0 bridgehead atoms. The van der Waals surface area contributed by atoms with Crippen LogP contribution in [0.4, 0.5) is 5.69 Å². The third-order valence-electron chi connectivity index (χ3n) is 4.64. The maximum atomic E-state index is 12.3. The van der Waals surface area contributed by atoms with Crippen molar-refractivity contribution < 1.29 is 13.2 Å². The van der Waals surface area contributed by atoms with E-state index in [4.69, 9.17) is 11.6 Å². The summed E-state index contributed by atoms with van der Waals surface area (Å²) >= 11 is 6.31. The molecule has 0 aliphatic heterocycles. The molecule has 1 aliphatic carbocycles. The van der Waals surface area contributed by atoms with Gasteiger partial charge in [0.1, 0.15) is 0 Å². The smallest absolute Gasteiger partial charge is 0.232 e. The van der Waals surface area contributed by atoms with Crippen molar-refractivity contribution in [1.29, 1.82) is 0 Å². The highest BCUT2D eigenvalue weighted by Gasteiger charge is 2.24. The summed E-state index contributed by atoms with van der Waals surface area (Å²) in [6.45, 7) is 4.19. The van der Waals surface area contributed by atoms with Gasteiger partial charge in [0.2, 0.25) is 15.9 Å². The number of sulfonamides is 1. The molecule has 1 aromatic rings. The van der Waals surface area contributed by atoms with Crippen LogP contribution in [-0.2, 0) is 14.8 Å². The van der Waals surface area contributed by atoms with Crippen molar-refractivity contribution in [3.8, 4) is 0 Å². The van der Waals surface area contributed by atoms with Crippen molar-refractivity contribution in [2.45, 2.75) is 46.0 Å². The third-order valence-corrected chi connectivity index (χ3v) is 6.09. The maximum absolute atomic E-state index is 12.3. The Bertz CT molecular complexity index is 705. The van der Waals surface area contributed by atoms with Gasteiger partial charge in [0.15, 0.2) is 0 Å². The fourth-order valence-corrected chi connectivity index (χ4v) is 4.93. The van der Waals surface area contributed by atoms with E-state index in [2.05, 4.69) is 5.32 Å². The average molecular weight is 387 g/mol. The van der Waals surface area contributed by atoms with Crippen LogP contribution in [0.15, 0.2) is 12.1 Å². The van der Waals surface area contributed by atoms with Crippen LogP contribution in [0.25, 0.3) is 0 Å². The van der Waals surface area contributed by atoms with E-state index in [0.717, 1.165) is 43.1 Å². The van der Waals surface area contributed by atoms with E-state index in [1.165, 1.54) is 10.7 Å². The number of carbonyl (C=O) groups excluding carboxylic acids is 1. The molecule has 0 radical (unpaired) electrons. The second-order valence-electron chi connectivity index (χ2n) is 6.87. The zero-order valence-electron chi connectivity index (χ0n) is 15.1. The van der Waals surface area contributed by atoms with E-state index >= 15 is 0 Å². The van der Waals surface area contributed by atoms with E-state index < -0.39 is 10.0 Å². The van der Waals surface area contributed by atoms with E-state index in [1.807, 2.05) is 19.9 Å². The summed E-state index contributed by atoms with van der Waals surface area (Å²) in [6.07, 6.45) is 6.37. The molecular weight excluding hydrogens is 360 g/mol. The minimum atomic E-state index is -3.50. The van der Waals surface area contributed by atoms with Crippen LogP contribution in [0.3, 0.4) is 0 Å². The quantitative estimate of drug-likeness (QED) is 0.814. The first-order valence-corrected chi connectivity index (χ1v) is 10.9. The first kappa shape index (κ1) is 20.0. The Kier molecular flexibility index (Phi) is 6.74. The van der Waals surface area contributed by atoms with Crippen LogP contribution in [0.2, 0.25) is 5.02 Å². The molecule has 0 unspecified atom stereocenters. The standard InChI is InChI=1S/C18H27ClN2O3S/c1-13-11-14(2)17(16(19)12-13)21(25(3,23)24)10-9-20-18(22)15-7-5-4-6-8-15/h11-12,15H,4-10H2,1-3H3,(H,20,22). The summed E-state index contributed by atoms with van der Waals surface area (Å²) in [4.78, 5) is 12.2. The van der Waals surface area contributed by atoms with Crippen LogP contribution in [0.5, 0.6) is 0 Å². The molecular formula is C18H27ClN2O3S. The lowest BCUT2D eigenvalue weighted by molar-refractivity contribution is -0.125. The number of nitrogens with zero attached hydrogens (tertiary/aromatic N) is 1. The molecule has 1 N–H and O–H groups in total. The molecule has 25 heavy (non-hydrogen) atoms. The summed E-state index contributed by atoms with van der Waals surface area (Å²) in [7, 11) is -3.50. The van der Waals surface area contributed by atoms with Gasteiger partial charge in [-0.05, 0) is 43.9 Å². The van der Waals surface area contributed by atoms with Crippen molar-refractivity contribution in [2.75, 3.05) is 23.7 Å². The summed E-state index contributed by atoms with van der Waals surface area (Å²) in [5.41, 5.74) is 2.26. The largest absolute Gasteiger partial charge is 0.354 e. The number of halogens is 1. The van der Waals surface area contributed by atoms with Crippen LogP contribution < -0.4 is 9.62 Å². The fraction of sp³-hybridized carbons (Fsp3) is 0.611. The lowest BCUT2D eigenvalue weighted by atomic mass is 9.89. The molecule has 0 atom stereocenters. The second kappa shape index (κ2) is 8.41. The van der Waals surface area contributed by atoms with Crippen molar-refractivity contribution in [3.63, 3.8) is 0 Å². The summed E-state index contributed by atoms with van der Waals surface area (Å²) in [5.74, 6) is 0.0880. The molecule has 0 spiro atoms. The Morgan fingerprint density at radius 1 is 1.24 bits per heavy atom. The zero-order chi connectivity index (χ0) is 18.6. The third kappa shape index (κ3) is 5.35. The number of amides is 1. The van der Waals surface area contributed by atoms with Gasteiger partial charge in [0.05, 0.1) is 23.5 Å². The van der Waals surface area contributed by atoms with Gasteiger partial charge in [0, 0.05) is 12.5 Å². The van der Waals surface area contributed by atoms with Crippen LogP contribution >= 0.6 is 11.6 Å². The molecule has 1 aromatic carbocycles. The van der Waals surface area contributed by atoms with Crippen LogP contribution in [0.1, 0.15) is 43.2 Å². The first-order valence-electron chi connectivity index (χ1n) is 8.72. The van der Waals surface area contributed by atoms with Crippen LogP contribution in [0, 0.1) is 19.8 Å². The van der Waals surface area contributed by atoms with Gasteiger partial charge in [-0.25, -0.2) is 8.42 Å². The van der Waals surface area contributed by atoms with E-state index in [0.29, 0.717) is 10.7 Å². The van der Waals surface area contributed by atoms with Crippen LogP contribution in [-0.4, -0.2) is 33.7 Å². The molecule has 0 heterocycles. The molecule has 1 amide bonds. The Balaban J connectivity index is 2.08.